The zero-order chi connectivity index (χ0) is 13.5. The van der Waals surface area contributed by atoms with Gasteiger partial charge in [-0.05, 0) is 29.9 Å². The molecule has 0 saturated heterocycles. The average Bonchev–Trinajstić information content (AvgIpc) is 2.38. The molecule has 0 bridgehead atoms. The lowest BCUT2D eigenvalue weighted by molar-refractivity contribution is 0.102. The molecule has 0 aliphatic heterocycles. The van der Waals surface area contributed by atoms with Gasteiger partial charge in [0.25, 0.3) is 0 Å². The van der Waals surface area contributed by atoms with Crippen LogP contribution in [-0.4, -0.2) is 24.4 Å². The lowest BCUT2D eigenvalue weighted by Crippen LogP contribution is -2.05. The Balaban J connectivity index is 2.54. The fourth-order valence-electron chi connectivity index (χ4n) is 1.39. The summed E-state index contributed by atoms with van der Waals surface area (Å²) >= 11 is 7.68. The minimum absolute atomic E-state index is 0.118. The van der Waals surface area contributed by atoms with Crippen molar-refractivity contribution in [1.29, 1.82) is 0 Å². The highest BCUT2D eigenvalue weighted by atomic mass is 35.5. The van der Waals surface area contributed by atoms with Crippen molar-refractivity contribution in [3.8, 4) is 5.75 Å². The number of hydrogen-bond donors (Lipinski definition) is 0. The number of thioether (sulfide) groups is 1. The molecule has 0 fully saturated rings. The molecule has 1 atom stereocenters. The van der Waals surface area contributed by atoms with Crippen LogP contribution in [0.2, 0.25) is 5.02 Å². The first-order chi connectivity index (χ1) is 8.58. The summed E-state index contributed by atoms with van der Waals surface area (Å²) in [5, 5.41) is 0.482. The molecule has 0 aliphatic carbocycles. The maximum Gasteiger partial charge on any atom is 0.172 e. The van der Waals surface area contributed by atoms with Crippen LogP contribution in [0.5, 0.6) is 5.75 Å². The van der Waals surface area contributed by atoms with E-state index in [-0.39, 0.29) is 5.78 Å². The van der Waals surface area contributed by atoms with E-state index in [1.165, 1.54) is 0 Å². The number of carbonyl (C=O) groups is 1. The maximum absolute atomic E-state index is 11.9. The summed E-state index contributed by atoms with van der Waals surface area (Å²) in [5.41, 5.74) is 0.650. The number of halogens is 1. The first-order valence-corrected chi connectivity index (χ1v) is 7.56. The van der Waals surface area contributed by atoms with Crippen molar-refractivity contribution in [2.24, 2.45) is 5.92 Å². The molecule has 0 aromatic heterocycles. The van der Waals surface area contributed by atoms with Crippen LogP contribution in [0.25, 0.3) is 0 Å². The van der Waals surface area contributed by atoms with Gasteiger partial charge in [-0.15, -0.1) is 0 Å². The quantitative estimate of drug-likeness (QED) is 0.699. The molecule has 0 amide bonds. The van der Waals surface area contributed by atoms with Crippen molar-refractivity contribution in [3.63, 3.8) is 0 Å². The summed E-state index contributed by atoms with van der Waals surface area (Å²) in [6.07, 6.45) is 1.15. The summed E-state index contributed by atoms with van der Waals surface area (Å²) in [5.74, 6) is 2.90. The Kier molecular flexibility index (Phi) is 6.58. The minimum Gasteiger partial charge on any atom is -0.495 e. The molecular weight excluding hydrogens is 268 g/mol. The highest BCUT2D eigenvalue weighted by Gasteiger charge is 2.10. The second-order valence-electron chi connectivity index (χ2n) is 4.30. The normalized spacial score (nSPS) is 12.2. The fourth-order valence-corrected chi connectivity index (χ4v) is 2.76. The Morgan fingerprint density at radius 2 is 2.22 bits per heavy atom. The van der Waals surface area contributed by atoms with Crippen molar-refractivity contribution in [2.45, 2.75) is 20.3 Å². The zero-order valence-electron chi connectivity index (χ0n) is 11.0. The van der Waals surface area contributed by atoms with E-state index in [0.717, 1.165) is 12.2 Å². The number of benzene rings is 1. The third-order valence-electron chi connectivity index (χ3n) is 2.81. The summed E-state index contributed by atoms with van der Waals surface area (Å²) in [6.45, 7) is 4.36. The van der Waals surface area contributed by atoms with E-state index in [0.29, 0.717) is 28.0 Å². The first-order valence-electron chi connectivity index (χ1n) is 6.03. The SMILES string of the molecule is CCC(C)CSCC(=O)c1ccc(OC)c(Cl)c1. The van der Waals surface area contributed by atoms with E-state index < -0.39 is 0 Å². The van der Waals surface area contributed by atoms with Crippen LogP contribution in [0.1, 0.15) is 30.6 Å². The van der Waals surface area contributed by atoms with Gasteiger partial charge in [0, 0.05) is 5.56 Å². The predicted molar refractivity (Wildman–Crippen MR) is 79.1 cm³/mol. The molecule has 1 aromatic rings. The van der Waals surface area contributed by atoms with Crippen molar-refractivity contribution >= 4 is 29.1 Å². The van der Waals surface area contributed by atoms with Crippen LogP contribution in [0, 0.1) is 5.92 Å². The smallest absolute Gasteiger partial charge is 0.172 e. The number of hydrogen-bond acceptors (Lipinski definition) is 3. The van der Waals surface area contributed by atoms with Gasteiger partial charge in [0.1, 0.15) is 5.75 Å². The Morgan fingerprint density at radius 1 is 1.50 bits per heavy atom. The first kappa shape index (κ1) is 15.4. The van der Waals surface area contributed by atoms with Gasteiger partial charge in [-0.2, -0.15) is 11.8 Å². The molecule has 0 spiro atoms. The van der Waals surface area contributed by atoms with Gasteiger partial charge in [0.15, 0.2) is 5.78 Å². The van der Waals surface area contributed by atoms with Crippen molar-refractivity contribution in [2.75, 3.05) is 18.6 Å². The molecule has 0 saturated carbocycles. The van der Waals surface area contributed by atoms with E-state index >= 15 is 0 Å². The molecular formula is C14H19ClO2S. The summed E-state index contributed by atoms with van der Waals surface area (Å²) in [4.78, 5) is 11.9. The Bertz CT molecular complexity index is 407. The van der Waals surface area contributed by atoms with Crippen LogP contribution >= 0.6 is 23.4 Å². The van der Waals surface area contributed by atoms with E-state index in [1.54, 1.807) is 37.1 Å². The molecule has 1 aromatic carbocycles. The third-order valence-corrected chi connectivity index (χ3v) is 4.37. The predicted octanol–water partition coefficient (Wildman–Crippen LogP) is 4.31. The number of rotatable bonds is 7. The molecule has 0 heterocycles. The highest BCUT2D eigenvalue weighted by molar-refractivity contribution is 7.99. The lowest BCUT2D eigenvalue weighted by Gasteiger charge is -2.08. The average molecular weight is 287 g/mol. The molecule has 100 valence electrons. The van der Waals surface area contributed by atoms with E-state index in [9.17, 15) is 4.79 Å². The minimum atomic E-state index is 0.118. The van der Waals surface area contributed by atoms with Gasteiger partial charge in [-0.25, -0.2) is 0 Å². The van der Waals surface area contributed by atoms with Gasteiger partial charge in [-0.1, -0.05) is 31.9 Å². The van der Waals surface area contributed by atoms with Crippen molar-refractivity contribution in [1.82, 2.24) is 0 Å². The maximum atomic E-state index is 11.9. The summed E-state index contributed by atoms with van der Waals surface area (Å²) in [6, 6.07) is 5.16. The Morgan fingerprint density at radius 3 is 2.78 bits per heavy atom. The Hall–Kier alpha value is -0.670. The monoisotopic (exact) mass is 286 g/mol. The van der Waals surface area contributed by atoms with E-state index in [1.807, 2.05) is 0 Å². The second kappa shape index (κ2) is 7.70. The molecule has 0 N–H and O–H groups in total. The highest BCUT2D eigenvalue weighted by Crippen LogP contribution is 2.25. The van der Waals surface area contributed by atoms with Crippen molar-refractivity contribution in [3.05, 3.63) is 28.8 Å². The van der Waals surface area contributed by atoms with Crippen LogP contribution in [0.15, 0.2) is 18.2 Å². The largest absolute Gasteiger partial charge is 0.495 e. The summed E-state index contributed by atoms with van der Waals surface area (Å²) in [7, 11) is 1.56. The topological polar surface area (TPSA) is 26.3 Å². The van der Waals surface area contributed by atoms with Gasteiger partial charge >= 0.3 is 0 Å². The van der Waals surface area contributed by atoms with Gasteiger partial charge in [0.05, 0.1) is 17.9 Å². The number of Topliss-reactive ketones (excluding diaryl/α,β-unsaturated/α-hetero) is 1. The van der Waals surface area contributed by atoms with Crippen LogP contribution < -0.4 is 4.74 Å². The number of methoxy groups -OCH3 is 1. The number of ketones is 1. The zero-order valence-corrected chi connectivity index (χ0v) is 12.6. The van der Waals surface area contributed by atoms with Gasteiger partial charge < -0.3 is 4.74 Å². The van der Waals surface area contributed by atoms with Crippen LogP contribution in [0.4, 0.5) is 0 Å². The van der Waals surface area contributed by atoms with E-state index in [4.69, 9.17) is 16.3 Å². The second-order valence-corrected chi connectivity index (χ2v) is 5.74. The summed E-state index contributed by atoms with van der Waals surface area (Å²) < 4.78 is 5.06. The third kappa shape index (κ3) is 4.54. The van der Waals surface area contributed by atoms with Crippen LogP contribution in [0.3, 0.4) is 0 Å². The molecule has 18 heavy (non-hydrogen) atoms. The molecule has 2 nitrogen and oxygen atoms in total. The van der Waals surface area contributed by atoms with Gasteiger partial charge in [0.2, 0.25) is 0 Å². The molecule has 1 rings (SSSR count). The lowest BCUT2D eigenvalue weighted by atomic mass is 10.1. The molecule has 4 heteroatoms. The Labute approximate surface area is 118 Å². The fraction of sp³-hybridized carbons (Fsp3) is 0.500. The number of carbonyl (C=O) groups excluding carboxylic acids is 1. The van der Waals surface area contributed by atoms with Crippen LogP contribution in [-0.2, 0) is 0 Å². The molecule has 0 aliphatic rings. The molecule has 0 radical (unpaired) electrons. The van der Waals surface area contributed by atoms with E-state index in [2.05, 4.69) is 13.8 Å². The molecule has 1 unspecified atom stereocenters. The van der Waals surface area contributed by atoms with Crippen molar-refractivity contribution < 1.29 is 9.53 Å². The number of ether oxygens (including phenoxy) is 1. The van der Waals surface area contributed by atoms with Gasteiger partial charge in [-0.3, -0.25) is 4.79 Å². The standard InChI is InChI=1S/C14H19ClO2S/c1-4-10(2)8-18-9-13(16)11-5-6-14(17-3)12(15)7-11/h5-7,10H,4,8-9H2,1-3H3.